The fourth-order valence-electron chi connectivity index (χ4n) is 1.61. The first-order chi connectivity index (χ1) is 8.23. The number of nitrogens with one attached hydrogen (secondary N) is 1. The van der Waals surface area contributed by atoms with E-state index in [9.17, 15) is 4.79 Å². The molecule has 0 spiro atoms. The lowest BCUT2D eigenvalue weighted by molar-refractivity contribution is 0.0821. The average Bonchev–Trinajstić information content (AvgIpc) is 2.13. The van der Waals surface area contributed by atoms with Crippen LogP contribution in [0.1, 0.15) is 30.7 Å². The van der Waals surface area contributed by atoms with E-state index in [1.165, 1.54) is 0 Å². The molecule has 18 heavy (non-hydrogen) atoms. The topological polar surface area (TPSA) is 77.2 Å². The highest BCUT2D eigenvalue weighted by Crippen LogP contribution is 2.16. The summed E-state index contributed by atoms with van der Waals surface area (Å²) in [6.45, 7) is 11.3. The largest absolute Gasteiger partial charge is 0.416 e. The number of aromatic nitrogens is 1. The van der Waals surface area contributed by atoms with Crippen molar-refractivity contribution in [1.29, 1.82) is 0 Å². The van der Waals surface area contributed by atoms with Gasteiger partial charge in [-0.05, 0) is 31.0 Å². The molecular weight excluding hydrogens is 230 g/mol. The summed E-state index contributed by atoms with van der Waals surface area (Å²) in [4.78, 5) is 15.8. The normalized spacial score (nSPS) is 11.2. The Morgan fingerprint density at radius 3 is 2.61 bits per heavy atom. The number of amides is 1. The fraction of sp³-hybridized carbons (Fsp3) is 0.462. The molecule has 98 valence electrons. The predicted molar refractivity (Wildman–Crippen MR) is 71.1 cm³/mol. The molecule has 5 heteroatoms. The Kier molecular flexibility index (Phi) is 4.19. The second kappa shape index (κ2) is 5.27. The van der Waals surface area contributed by atoms with Crippen LogP contribution in [0, 0.1) is 20.8 Å². The molecule has 0 unspecified atom stereocenters. The first-order valence-corrected chi connectivity index (χ1v) is 5.75. The van der Waals surface area contributed by atoms with Crippen molar-refractivity contribution in [3.05, 3.63) is 29.8 Å². The van der Waals surface area contributed by atoms with Crippen LogP contribution in [0.25, 0.3) is 0 Å². The minimum absolute atomic E-state index is 0.432. The Morgan fingerprint density at radius 1 is 1.56 bits per heavy atom. The van der Waals surface area contributed by atoms with E-state index in [0.29, 0.717) is 12.4 Å². The van der Waals surface area contributed by atoms with E-state index in [2.05, 4.69) is 17.2 Å². The van der Waals surface area contributed by atoms with E-state index in [1.54, 1.807) is 19.9 Å². The molecule has 0 aliphatic rings. The third kappa shape index (κ3) is 3.92. The third-order valence-electron chi connectivity index (χ3n) is 2.36. The molecule has 0 saturated heterocycles. The maximum Gasteiger partial charge on any atom is 0.416 e. The molecule has 1 amide bonds. The van der Waals surface area contributed by atoms with Crippen LogP contribution in [0.3, 0.4) is 0 Å². The molecule has 0 bridgehead atoms. The minimum Gasteiger partial charge on any atom is -0.402 e. The number of nitrogens with zero attached hydrogens (tertiary/aromatic N) is 1. The van der Waals surface area contributed by atoms with E-state index >= 15 is 0 Å². The molecule has 1 heterocycles. The second-order valence-electron chi connectivity index (χ2n) is 4.87. The van der Waals surface area contributed by atoms with Gasteiger partial charge in [-0.2, -0.15) is 0 Å². The van der Waals surface area contributed by atoms with E-state index < -0.39 is 11.7 Å². The van der Waals surface area contributed by atoms with Crippen LogP contribution in [0.15, 0.2) is 6.07 Å². The van der Waals surface area contributed by atoms with Crippen LogP contribution in [0.5, 0.6) is 0 Å². The van der Waals surface area contributed by atoms with E-state index in [0.717, 1.165) is 16.8 Å². The molecule has 1 rings (SSSR count). The third-order valence-corrected chi connectivity index (χ3v) is 2.36. The Balaban J connectivity index is 2.83. The molecule has 0 fully saturated rings. The van der Waals surface area contributed by atoms with Gasteiger partial charge in [0.15, 0.2) is 0 Å². The van der Waals surface area contributed by atoms with Crippen molar-refractivity contribution in [3.8, 4) is 0 Å². The first-order valence-electron chi connectivity index (χ1n) is 5.75. The monoisotopic (exact) mass is 250 g/mol. The molecule has 1 aromatic rings. The van der Waals surface area contributed by atoms with Crippen LogP contribution in [0.4, 0.5) is 10.6 Å². The molecule has 3 N–H and O–H groups in total. The van der Waals surface area contributed by atoms with Crippen LogP contribution in [-0.4, -0.2) is 16.7 Å². The number of rotatable bonds is 3. The maximum absolute atomic E-state index is 11.6. The van der Waals surface area contributed by atoms with Gasteiger partial charge in [0.2, 0.25) is 5.60 Å². The molecule has 5 nitrogen and oxygen atoms in total. The molecule has 0 radical (unpaired) electrons. The number of aryl methyl sites for hydroxylation is 2. The number of carbonyl (C=O) groups is 1. The zero-order chi connectivity index (χ0) is 13.9. The smallest absolute Gasteiger partial charge is 0.402 e. The van der Waals surface area contributed by atoms with Crippen molar-refractivity contribution in [3.63, 3.8) is 0 Å². The van der Waals surface area contributed by atoms with Gasteiger partial charge in [-0.3, -0.25) is 5.32 Å². The van der Waals surface area contributed by atoms with Crippen molar-refractivity contribution in [1.82, 2.24) is 4.98 Å². The van der Waals surface area contributed by atoms with Gasteiger partial charge >= 0.3 is 6.09 Å². The highest BCUT2D eigenvalue weighted by Gasteiger charge is 2.23. The fourth-order valence-corrected chi connectivity index (χ4v) is 1.61. The van der Waals surface area contributed by atoms with Gasteiger partial charge in [-0.25, -0.2) is 9.78 Å². The molecular formula is C13H20N3O2+. The van der Waals surface area contributed by atoms with Gasteiger partial charge in [-0.1, -0.05) is 0 Å². The van der Waals surface area contributed by atoms with Gasteiger partial charge in [0, 0.05) is 26.1 Å². The molecule has 0 aliphatic heterocycles. The number of hydrogen-bond donors (Lipinski definition) is 2. The van der Waals surface area contributed by atoms with Gasteiger partial charge < -0.3 is 10.5 Å². The van der Waals surface area contributed by atoms with Crippen LogP contribution < -0.4 is 11.1 Å². The summed E-state index contributed by atoms with van der Waals surface area (Å²) in [6.07, 6.45) is -0.568. The number of carbonyl (C=O) groups excluding carboxylic acids is 1. The molecule has 0 atom stereocenters. The van der Waals surface area contributed by atoms with Gasteiger partial charge in [0.1, 0.15) is 12.7 Å². The molecule has 1 aromatic heterocycles. The minimum atomic E-state index is -0.772. The number of anilines is 1. The van der Waals surface area contributed by atoms with Crippen molar-refractivity contribution in [2.24, 2.45) is 5.73 Å². The van der Waals surface area contributed by atoms with Crippen LogP contribution in [-0.2, 0) is 11.3 Å². The Bertz CT molecular complexity index is 427. The summed E-state index contributed by atoms with van der Waals surface area (Å²) in [5.74, 6) is 0.455. The van der Waals surface area contributed by atoms with Gasteiger partial charge in [-0.15, -0.1) is 0 Å². The lowest BCUT2D eigenvalue weighted by Gasteiger charge is -2.14. The van der Waals surface area contributed by atoms with Crippen LogP contribution >= 0.6 is 0 Å². The quantitative estimate of drug-likeness (QED) is 0.807. The van der Waals surface area contributed by atoms with Gasteiger partial charge in [0.25, 0.3) is 0 Å². The van der Waals surface area contributed by atoms with E-state index in [1.807, 2.05) is 13.8 Å². The van der Waals surface area contributed by atoms with Gasteiger partial charge in [0.05, 0.1) is 0 Å². The summed E-state index contributed by atoms with van der Waals surface area (Å²) in [7, 11) is 0. The predicted octanol–water partition coefficient (Wildman–Crippen LogP) is 2.32. The SMILES string of the molecule is [CH2+]C(C)(C)OC(=O)Nc1cc(C)c(CN)c(C)n1. The zero-order valence-corrected chi connectivity index (χ0v) is 11.3. The standard InChI is InChI=1S/C13H19N3O2/c1-8-6-11(15-9(2)10(8)7-14)16-12(17)18-13(3,4)5/h6H,3,7,14H2,1-2,4-5H3/p+1. The second-order valence-corrected chi connectivity index (χ2v) is 4.87. The summed E-state index contributed by atoms with van der Waals surface area (Å²) < 4.78 is 5.05. The Hall–Kier alpha value is -1.75. The maximum atomic E-state index is 11.6. The molecule has 0 aromatic carbocycles. The lowest BCUT2D eigenvalue weighted by atomic mass is 10.1. The van der Waals surface area contributed by atoms with Crippen molar-refractivity contribution < 1.29 is 9.53 Å². The van der Waals surface area contributed by atoms with Crippen molar-refractivity contribution in [2.45, 2.75) is 39.8 Å². The molecule has 0 saturated carbocycles. The van der Waals surface area contributed by atoms with Crippen LogP contribution in [0.2, 0.25) is 0 Å². The average molecular weight is 250 g/mol. The summed E-state index contributed by atoms with van der Waals surface area (Å²) in [6, 6.07) is 1.77. The highest BCUT2D eigenvalue weighted by atomic mass is 16.6. The van der Waals surface area contributed by atoms with E-state index in [4.69, 9.17) is 10.5 Å². The first kappa shape index (κ1) is 14.3. The zero-order valence-electron chi connectivity index (χ0n) is 11.3. The van der Waals surface area contributed by atoms with E-state index in [-0.39, 0.29) is 0 Å². The number of nitrogens with two attached hydrogens (primary N) is 1. The number of ether oxygens (including phenoxy) is 1. The molecule has 0 aliphatic carbocycles. The highest BCUT2D eigenvalue weighted by molar-refractivity contribution is 5.83. The van der Waals surface area contributed by atoms with Crippen molar-refractivity contribution in [2.75, 3.05) is 5.32 Å². The Morgan fingerprint density at radius 2 is 2.17 bits per heavy atom. The van der Waals surface area contributed by atoms with Crippen molar-refractivity contribution >= 4 is 11.9 Å². The summed E-state index contributed by atoms with van der Waals surface area (Å²) >= 11 is 0. The number of hydrogen-bond acceptors (Lipinski definition) is 4. The summed E-state index contributed by atoms with van der Waals surface area (Å²) in [5, 5.41) is 2.58. The lowest BCUT2D eigenvalue weighted by Crippen LogP contribution is -2.28. The summed E-state index contributed by atoms with van der Waals surface area (Å²) in [5.41, 5.74) is 7.65. The Labute approximate surface area is 108 Å². The number of pyridine rings is 1.